The number of rotatable bonds is 17. The lowest BCUT2D eigenvalue weighted by molar-refractivity contribution is -0.150. The van der Waals surface area contributed by atoms with Crippen LogP contribution >= 0.6 is 11.6 Å². The summed E-state index contributed by atoms with van der Waals surface area (Å²) in [5.41, 5.74) is 0. The average Bonchev–Trinajstić information content (AvgIpc) is 2.72. The fourth-order valence-electron chi connectivity index (χ4n) is 2.82. The van der Waals surface area contributed by atoms with E-state index >= 15 is 0 Å². The van der Waals surface area contributed by atoms with E-state index in [1.54, 1.807) is 12.1 Å². The molecule has 0 saturated heterocycles. The van der Waals surface area contributed by atoms with Crippen molar-refractivity contribution >= 4 is 23.5 Å². The number of hydrogen-bond acceptors (Lipinski definition) is 5. The van der Waals surface area contributed by atoms with Crippen LogP contribution in [0.25, 0.3) is 0 Å². The summed E-state index contributed by atoms with van der Waals surface area (Å²) in [7, 11) is 0. The van der Waals surface area contributed by atoms with Crippen LogP contribution in [-0.4, -0.2) is 31.8 Å². The number of carbonyl (C=O) groups is 2. The zero-order valence-corrected chi connectivity index (χ0v) is 18.4. The van der Waals surface area contributed by atoms with Gasteiger partial charge < -0.3 is 14.2 Å². The summed E-state index contributed by atoms with van der Waals surface area (Å²) in [5, 5.41) is 0.508. The van der Waals surface area contributed by atoms with Crippen molar-refractivity contribution in [3.8, 4) is 5.75 Å². The van der Waals surface area contributed by atoms with Gasteiger partial charge in [-0.3, -0.25) is 9.59 Å². The molecule has 0 aliphatic rings. The normalized spacial score (nSPS) is 10.6. The van der Waals surface area contributed by atoms with Crippen molar-refractivity contribution in [2.75, 3.05) is 19.8 Å². The van der Waals surface area contributed by atoms with E-state index in [9.17, 15) is 9.59 Å². The van der Waals surface area contributed by atoms with Gasteiger partial charge in [-0.2, -0.15) is 0 Å². The number of carbonyl (C=O) groups excluding carboxylic acids is 2. The summed E-state index contributed by atoms with van der Waals surface area (Å²) in [5.74, 6) is -0.244. The Hall–Kier alpha value is -1.75. The van der Waals surface area contributed by atoms with Gasteiger partial charge >= 0.3 is 11.9 Å². The van der Waals surface area contributed by atoms with Crippen molar-refractivity contribution < 1.29 is 23.8 Å². The maximum absolute atomic E-state index is 11.7. The van der Waals surface area contributed by atoms with E-state index in [2.05, 4.69) is 6.92 Å². The lowest BCUT2D eigenvalue weighted by Gasteiger charge is -2.08. The predicted molar refractivity (Wildman–Crippen MR) is 115 cm³/mol. The first-order valence-electron chi connectivity index (χ1n) is 10.8. The molecule has 0 radical (unpaired) electrons. The van der Waals surface area contributed by atoms with Gasteiger partial charge in [0.05, 0.1) is 24.5 Å². The molecule has 0 aromatic heterocycles. The predicted octanol–water partition coefficient (Wildman–Crippen LogP) is 6.12. The zero-order chi connectivity index (χ0) is 21.2. The van der Waals surface area contributed by atoms with E-state index in [4.69, 9.17) is 25.8 Å². The second-order valence-corrected chi connectivity index (χ2v) is 7.46. The average molecular weight is 427 g/mol. The minimum Gasteiger partial charge on any atom is -0.488 e. The maximum Gasteiger partial charge on any atom is 0.306 e. The molecular weight excluding hydrogens is 392 g/mol. The lowest BCUT2D eigenvalue weighted by Crippen LogP contribution is -2.14. The van der Waals surface area contributed by atoms with Crippen LogP contribution in [0.5, 0.6) is 5.75 Å². The molecule has 0 aliphatic carbocycles. The number of para-hydroxylation sites is 1. The summed E-state index contributed by atoms with van der Waals surface area (Å²) >= 11 is 5.97. The molecule has 0 atom stereocenters. The third kappa shape index (κ3) is 14.0. The molecule has 0 spiro atoms. The molecule has 29 heavy (non-hydrogen) atoms. The Morgan fingerprint density at radius 3 is 1.93 bits per heavy atom. The Kier molecular flexibility index (Phi) is 14.9. The summed E-state index contributed by atoms with van der Waals surface area (Å²) < 4.78 is 15.6. The van der Waals surface area contributed by atoms with Gasteiger partial charge in [0.15, 0.2) is 0 Å². The third-order valence-corrected chi connectivity index (χ3v) is 4.80. The number of ether oxygens (including phenoxy) is 3. The first-order valence-corrected chi connectivity index (χ1v) is 11.2. The largest absolute Gasteiger partial charge is 0.488 e. The maximum atomic E-state index is 11.7. The van der Waals surface area contributed by atoms with Crippen LogP contribution < -0.4 is 4.74 Å². The number of halogens is 1. The van der Waals surface area contributed by atoms with Crippen LogP contribution in [0.2, 0.25) is 5.02 Å². The van der Waals surface area contributed by atoms with Gasteiger partial charge in [0.1, 0.15) is 19.0 Å². The molecule has 0 bridgehead atoms. The minimum absolute atomic E-state index is 0.0166. The second kappa shape index (κ2) is 17.1. The molecule has 164 valence electrons. The van der Waals surface area contributed by atoms with Gasteiger partial charge in [0.2, 0.25) is 0 Å². The Balaban J connectivity index is 1.92. The van der Waals surface area contributed by atoms with Crippen LogP contribution in [0.4, 0.5) is 0 Å². The zero-order valence-electron chi connectivity index (χ0n) is 17.6. The minimum atomic E-state index is -0.437. The van der Waals surface area contributed by atoms with Gasteiger partial charge in [-0.05, 0) is 18.6 Å². The van der Waals surface area contributed by atoms with E-state index in [0.717, 1.165) is 12.8 Å². The SMILES string of the molecule is CCCCCCCCCCCOC(=O)CCC(=O)OCCOc1ccccc1Cl. The Morgan fingerprint density at radius 1 is 0.759 bits per heavy atom. The van der Waals surface area contributed by atoms with Gasteiger partial charge in [-0.15, -0.1) is 0 Å². The van der Waals surface area contributed by atoms with Gasteiger partial charge in [0, 0.05) is 0 Å². The van der Waals surface area contributed by atoms with E-state index in [1.165, 1.54) is 44.9 Å². The van der Waals surface area contributed by atoms with Crippen LogP contribution in [0.15, 0.2) is 24.3 Å². The molecule has 5 nitrogen and oxygen atoms in total. The van der Waals surface area contributed by atoms with Gasteiger partial charge in [0.25, 0.3) is 0 Å². The van der Waals surface area contributed by atoms with Crippen molar-refractivity contribution in [2.24, 2.45) is 0 Å². The molecule has 1 rings (SSSR count). The van der Waals surface area contributed by atoms with E-state index in [1.807, 2.05) is 12.1 Å². The molecule has 0 aliphatic heterocycles. The van der Waals surface area contributed by atoms with E-state index < -0.39 is 5.97 Å². The van der Waals surface area contributed by atoms with Gasteiger partial charge in [-0.1, -0.05) is 82.0 Å². The first-order chi connectivity index (χ1) is 14.1. The Bertz CT molecular complexity index is 576. The number of unbranched alkanes of at least 4 members (excludes halogenated alkanes) is 8. The van der Waals surface area contributed by atoms with Crippen LogP contribution in [-0.2, 0) is 19.1 Å². The number of benzene rings is 1. The van der Waals surface area contributed by atoms with Crippen molar-refractivity contribution in [1.29, 1.82) is 0 Å². The monoisotopic (exact) mass is 426 g/mol. The van der Waals surface area contributed by atoms with Crippen molar-refractivity contribution in [2.45, 2.75) is 77.6 Å². The Labute approximate surface area is 180 Å². The van der Waals surface area contributed by atoms with Crippen LogP contribution in [0, 0.1) is 0 Å². The Morgan fingerprint density at radius 2 is 1.31 bits per heavy atom. The van der Waals surface area contributed by atoms with Crippen molar-refractivity contribution in [3.63, 3.8) is 0 Å². The molecule has 0 heterocycles. The fraction of sp³-hybridized carbons (Fsp3) is 0.652. The summed E-state index contributed by atoms with van der Waals surface area (Å²) in [4.78, 5) is 23.3. The molecular formula is C23H35ClO5. The molecule has 0 saturated carbocycles. The van der Waals surface area contributed by atoms with Crippen molar-refractivity contribution in [1.82, 2.24) is 0 Å². The first kappa shape index (κ1) is 25.3. The standard InChI is InChI=1S/C23H35ClO5/c1-2-3-4-5-6-7-8-9-12-17-28-22(25)15-16-23(26)29-19-18-27-21-14-11-10-13-20(21)24/h10-11,13-14H,2-9,12,15-19H2,1H3. The van der Waals surface area contributed by atoms with Gasteiger partial charge in [-0.25, -0.2) is 0 Å². The molecule has 1 aromatic rings. The highest BCUT2D eigenvalue weighted by Gasteiger charge is 2.09. The quantitative estimate of drug-likeness (QED) is 0.222. The highest BCUT2D eigenvalue weighted by atomic mass is 35.5. The fourth-order valence-corrected chi connectivity index (χ4v) is 3.01. The van der Waals surface area contributed by atoms with E-state index in [-0.39, 0.29) is 32.0 Å². The summed E-state index contributed by atoms with van der Waals surface area (Å²) in [6.45, 7) is 2.97. The highest BCUT2D eigenvalue weighted by molar-refractivity contribution is 6.32. The molecule has 0 unspecified atom stereocenters. The highest BCUT2D eigenvalue weighted by Crippen LogP contribution is 2.22. The summed E-state index contributed by atoms with van der Waals surface area (Å²) in [6.07, 6.45) is 11.0. The molecule has 0 amide bonds. The smallest absolute Gasteiger partial charge is 0.306 e. The molecule has 1 aromatic carbocycles. The summed E-state index contributed by atoms with van der Waals surface area (Å²) in [6, 6.07) is 7.09. The molecule has 0 fully saturated rings. The topological polar surface area (TPSA) is 61.8 Å². The lowest BCUT2D eigenvalue weighted by atomic mass is 10.1. The van der Waals surface area contributed by atoms with Crippen LogP contribution in [0.1, 0.15) is 77.6 Å². The number of esters is 2. The molecule has 6 heteroatoms. The second-order valence-electron chi connectivity index (χ2n) is 7.05. The van der Waals surface area contributed by atoms with Crippen molar-refractivity contribution in [3.05, 3.63) is 29.3 Å². The van der Waals surface area contributed by atoms with Crippen LogP contribution in [0.3, 0.4) is 0 Å². The third-order valence-electron chi connectivity index (χ3n) is 4.48. The number of hydrogen-bond donors (Lipinski definition) is 0. The molecule has 0 N–H and O–H groups in total. The van der Waals surface area contributed by atoms with E-state index in [0.29, 0.717) is 17.4 Å².